The fourth-order valence-corrected chi connectivity index (χ4v) is 16.1. The molecule has 1 atom stereocenters. The van der Waals surface area contributed by atoms with E-state index in [1.807, 2.05) is 84.3 Å². The molecule has 0 saturated carbocycles. The summed E-state index contributed by atoms with van der Waals surface area (Å²) in [5.41, 5.74) is 9.66. The van der Waals surface area contributed by atoms with Crippen LogP contribution in [0.4, 0.5) is 10.5 Å². The van der Waals surface area contributed by atoms with Crippen LogP contribution in [0.5, 0.6) is 11.5 Å². The lowest BCUT2D eigenvalue weighted by Crippen LogP contribution is -2.52. The zero-order valence-corrected chi connectivity index (χ0v) is 65.1. The van der Waals surface area contributed by atoms with Gasteiger partial charge < -0.3 is 45.4 Å². The van der Waals surface area contributed by atoms with Gasteiger partial charge in [-0.3, -0.25) is 24.1 Å². The summed E-state index contributed by atoms with van der Waals surface area (Å²) in [4.78, 5) is 74.3. The number of methoxy groups -OCH3 is 1. The molecule has 6 amide bonds. The summed E-state index contributed by atoms with van der Waals surface area (Å²) in [5, 5.41) is 21.0. The summed E-state index contributed by atoms with van der Waals surface area (Å²) in [7, 11) is -2.64. The first-order valence-electron chi connectivity index (χ1n) is 35.7. The number of aryl methyl sites for hydroxylation is 1. The lowest BCUT2D eigenvalue weighted by Gasteiger charge is -2.42. The molecule has 0 bridgehead atoms. The number of tetrazole rings is 1. The van der Waals surface area contributed by atoms with Crippen molar-refractivity contribution in [3.63, 3.8) is 0 Å². The Bertz CT molecular complexity index is 4130. The third-order valence-corrected chi connectivity index (χ3v) is 24.1. The van der Waals surface area contributed by atoms with Crippen molar-refractivity contribution < 1.29 is 44.7 Å². The van der Waals surface area contributed by atoms with E-state index in [-0.39, 0.29) is 49.1 Å². The summed E-state index contributed by atoms with van der Waals surface area (Å²) in [6.45, 7) is 12.5. The third kappa shape index (κ3) is 22.4. The first kappa shape index (κ1) is 79.2. The van der Waals surface area contributed by atoms with Crippen LogP contribution in [-0.4, -0.2) is 186 Å². The van der Waals surface area contributed by atoms with Gasteiger partial charge in [0, 0.05) is 135 Å². The number of carbonyl (C=O) groups excluding carboxylic acids is 5. The second-order valence-corrected chi connectivity index (χ2v) is 31.8. The first-order chi connectivity index (χ1) is 50.1. The van der Waals surface area contributed by atoms with Crippen LogP contribution < -0.4 is 30.6 Å². The minimum atomic E-state index is -4.03. The SMILES string of the molecule is CC(C)[C@@H](NC(=O)c1ccccc1)C(=O)N1CCC(c2ccc(Cl)cc2)CC1.COc1ccccc1S(=O)(=O)NC(=O)N1CCC(N2CCC(Oc3ccc(Cl)c(Cl)c3)CC2)CC1.NC(=O)CCCCn1nnc(-c2ccc(C(=O)N3CCC(N4CCC(Nc5ccc(Br)c(Br)c5)CC4)CC3)cc2)n1.[HH].[HH]. The van der Waals surface area contributed by atoms with Crippen LogP contribution >= 0.6 is 66.7 Å². The van der Waals surface area contributed by atoms with Crippen LogP contribution in [0.3, 0.4) is 0 Å². The van der Waals surface area contributed by atoms with Crippen molar-refractivity contribution in [2.75, 3.05) is 77.9 Å². The van der Waals surface area contributed by atoms with Gasteiger partial charge in [0.15, 0.2) is 0 Å². The van der Waals surface area contributed by atoms with E-state index < -0.39 is 22.1 Å². The number of unbranched alkanes of at least 4 members (excludes halogenated alkanes) is 1. The summed E-state index contributed by atoms with van der Waals surface area (Å²) in [6, 6.07) is 42.5. The number of anilines is 1. The Morgan fingerprint density at radius 1 is 0.644 bits per heavy atom. The Hall–Kier alpha value is -7.36. The lowest BCUT2D eigenvalue weighted by atomic mass is 9.89. The number of ether oxygens (including phenoxy) is 2. The number of rotatable bonds is 21. The minimum absolute atomic E-state index is 0. The molecular weight excluding hydrogens is 1540 g/mol. The molecule has 560 valence electrons. The number of halogens is 5. The highest BCUT2D eigenvalue weighted by molar-refractivity contribution is 9.13. The van der Waals surface area contributed by atoms with Crippen LogP contribution in [0.25, 0.3) is 11.4 Å². The van der Waals surface area contributed by atoms with Crippen molar-refractivity contribution in [3.8, 4) is 22.9 Å². The number of benzene rings is 6. The van der Waals surface area contributed by atoms with Crippen molar-refractivity contribution >= 4 is 112 Å². The Balaban J connectivity index is 0.000000202. The number of sulfonamides is 1. The number of para-hydroxylation sites is 1. The van der Waals surface area contributed by atoms with Crippen molar-refractivity contribution in [1.29, 1.82) is 0 Å². The lowest BCUT2D eigenvalue weighted by molar-refractivity contribution is -0.135. The summed E-state index contributed by atoms with van der Waals surface area (Å²) in [5.74, 6) is 1.47. The molecular formula is C76H96Br2Cl3N13O9S. The van der Waals surface area contributed by atoms with E-state index in [4.69, 9.17) is 50.0 Å². The van der Waals surface area contributed by atoms with Crippen LogP contribution in [0, 0.1) is 5.92 Å². The van der Waals surface area contributed by atoms with Crippen LogP contribution in [0.15, 0.2) is 153 Å². The van der Waals surface area contributed by atoms with Gasteiger partial charge in [-0.05, 0) is 210 Å². The van der Waals surface area contributed by atoms with Gasteiger partial charge in [-0.1, -0.05) is 103 Å². The monoisotopic (exact) mass is 1630 g/mol. The zero-order chi connectivity index (χ0) is 73.9. The van der Waals surface area contributed by atoms with E-state index >= 15 is 0 Å². The van der Waals surface area contributed by atoms with Gasteiger partial charge in [-0.15, -0.1) is 10.2 Å². The molecule has 0 spiro atoms. The number of primary amides is 1. The number of amides is 6. The summed E-state index contributed by atoms with van der Waals surface area (Å²) in [6.07, 6.45) is 11.4. The summed E-state index contributed by atoms with van der Waals surface area (Å²) >= 11 is 25.1. The van der Waals surface area contributed by atoms with Gasteiger partial charge in [0.2, 0.25) is 17.6 Å². The fourth-order valence-electron chi connectivity index (χ4n) is 13.9. The highest BCUT2D eigenvalue weighted by Crippen LogP contribution is 2.34. The van der Waals surface area contributed by atoms with Crippen molar-refractivity contribution in [3.05, 3.63) is 180 Å². The second kappa shape index (κ2) is 38.3. The molecule has 6 heterocycles. The molecule has 0 aliphatic carbocycles. The maximum absolute atomic E-state index is 13.2. The van der Waals surface area contributed by atoms with Gasteiger partial charge in [-0.2, -0.15) is 4.80 Å². The molecule has 0 unspecified atom stereocenters. The molecule has 104 heavy (non-hydrogen) atoms. The van der Waals surface area contributed by atoms with E-state index in [0.717, 1.165) is 141 Å². The van der Waals surface area contributed by atoms with E-state index in [2.05, 4.69) is 103 Å². The van der Waals surface area contributed by atoms with Crippen molar-refractivity contribution in [2.45, 2.75) is 145 Å². The molecule has 28 heteroatoms. The van der Waals surface area contributed by atoms with Gasteiger partial charge in [-0.25, -0.2) is 17.9 Å². The molecule has 5 aliphatic rings. The molecule has 0 radical (unpaired) electrons. The third-order valence-electron chi connectivity index (χ3n) is 19.9. The average Bonchev–Trinajstić information content (AvgIpc) is 0.914. The van der Waals surface area contributed by atoms with E-state index in [1.165, 1.54) is 23.5 Å². The largest absolute Gasteiger partial charge is 0.495 e. The Morgan fingerprint density at radius 2 is 1.26 bits per heavy atom. The first-order valence-corrected chi connectivity index (χ1v) is 39.9. The number of urea groups is 1. The van der Waals surface area contributed by atoms with Crippen LogP contribution in [-0.2, 0) is 26.2 Å². The highest BCUT2D eigenvalue weighted by atomic mass is 79.9. The molecule has 5 saturated heterocycles. The van der Waals surface area contributed by atoms with Gasteiger partial charge in [0.25, 0.3) is 21.8 Å². The van der Waals surface area contributed by atoms with Gasteiger partial charge >= 0.3 is 6.03 Å². The van der Waals surface area contributed by atoms with Gasteiger partial charge in [0.1, 0.15) is 28.5 Å². The number of hydrogen-bond donors (Lipinski definition) is 4. The predicted octanol–water partition coefficient (Wildman–Crippen LogP) is 14.1. The quantitative estimate of drug-likeness (QED) is 0.0488. The van der Waals surface area contributed by atoms with E-state index in [1.54, 1.807) is 47.4 Å². The molecule has 1 aromatic heterocycles. The normalized spacial score (nSPS) is 17.2. The Morgan fingerprint density at radius 3 is 1.88 bits per heavy atom. The molecule has 5 fully saturated rings. The number of nitrogens with two attached hydrogens (primary N) is 1. The predicted molar refractivity (Wildman–Crippen MR) is 417 cm³/mol. The minimum Gasteiger partial charge on any atom is -0.495 e. The van der Waals surface area contributed by atoms with Crippen molar-refractivity contribution in [1.82, 2.24) is 54.7 Å². The zero-order valence-electron chi connectivity index (χ0n) is 58.9. The van der Waals surface area contributed by atoms with Gasteiger partial charge in [0.05, 0.1) is 23.7 Å². The fraction of sp³-hybridized carbons (Fsp3) is 0.447. The number of hydrogen-bond acceptors (Lipinski definition) is 15. The summed E-state index contributed by atoms with van der Waals surface area (Å²) < 4.78 is 40.9. The van der Waals surface area contributed by atoms with E-state index in [0.29, 0.717) is 96.6 Å². The van der Waals surface area contributed by atoms with Crippen LogP contribution in [0.1, 0.15) is 132 Å². The smallest absolute Gasteiger partial charge is 0.331 e. The molecule has 22 nitrogen and oxygen atoms in total. The topological polar surface area (TPSA) is 260 Å². The molecule has 12 rings (SSSR count). The standard InChI is InChI=1S/C29H36Br2N8O2.C24H29Cl2N3O5S.C23H27ClN2O2.2H2/c30-25-9-8-23(19-26(25)31)33-22-10-15-37(16-11-22)24-12-17-38(18-13-24)29(41)21-6-4-20(5-7-21)28-34-36-39(35-28)14-2-1-3-27(32)40;1-33-22-4-2-3-5-23(22)35(31,32)27-24(30)29-12-8-17(9-13-29)28-14-10-18(11-15-28)34-19-6-7-20(25)21(26)16-19;1-16(2)21(25-22(27)19-6-4-3-5-7-19)23(28)26-14-12-18(13-15-26)17-8-10-20(24)11-9-17;;/h4-9,19,22,24,33H,1-3,10-18H2,(H2,32,40);2-7,16-18H,8-15H2,1H3,(H,27,30);3-11,16,18,21H,12-15H2,1-2H3,(H,25,27);2*1H/t;;21-;;/m..1../s1. The average molecular weight is 1630 g/mol. The maximum Gasteiger partial charge on any atom is 0.331 e. The number of nitrogens with zero attached hydrogens (tertiary/aromatic N) is 9. The highest BCUT2D eigenvalue weighted by Gasteiger charge is 2.35. The van der Waals surface area contributed by atoms with Crippen LogP contribution in [0.2, 0.25) is 15.1 Å². The number of piperidine rings is 5. The Kier molecular flexibility index (Phi) is 29.1. The number of carbonyl (C=O) groups is 5. The molecule has 7 aromatic rings. The van der Waals surface area contributed by atoms with E-state index in [9.17, 15) is 32.4 Å². The molecule has 5 N–H and O–H groups in total. The molecule has 5 aliphatic heterocycles. The number of aromatic nitrogens is 4. The number of likely N-dealkylation sites (tertiary alicyclic amines) is 5. The molecule has 6 aromatic carbocycles. The Labute approximate surface area is 644 Å². The van der Waals surface area contributed by atoms with Crippen molar-refractivity contribution in [2.24, 2.45) is 11.7 Å². The number of nitrogens with one attached hydrogen (secondary N) is 3. The second-order valence-electron chi connectivity index (χ2n) is 27.2. The maximum atomic E-state index is 13.2.